The van der Waals surface area contributed by atoms with Crippen LogP contribution in [-0.2, 0) is 0 Å². The first-order chi connectivity index (χ1) is 8.63. The van der Waals surface area contributed by atoms with Gasteiger partial charge in [0.05, 0.1) is 0 Å². The molecule has 2 aromatic carbocycles. The molecule has 0 fully saturated rings. The van der Waals surface area contributed by atoms with Gasteiger partial charge >= 0.3 is 0 Å². The largest absolute Gasteiger partial charge is 0.507 e. The van der Waals surface area contributed by atoms with Gasteiger partial charge in [-0.1, -0.05) is 48.4 Å². The number of phenols is 1. The van der Waals surface area contributed by atoms with Crippen molar-refractivity contribution in [3.8, 4) is 18.1 Å². The van der Waals surface area contributed by atoms with Crippen LogP contribution in [0.1, 0.15) is 22.3 Å². The molecule has 0 aromatic heterocycles. The monoisotopic (exact) mass is 234 g/mol. The fraction of sp³-hybridized carbons (Fsp3) is 0.0588. The Labute approximate surface area is 107 Å². The maximum absolute atomic E-state index is 9.95. The van der Waals surface area contributed by atoms with Crippen molar-refractivity contribution < 1.29 is 5.11 Å². The second-order valence-electron chi connectivity index (χ2n) is 4.19. The predicted octanol–water partition coefficient (Wildman–Crippen LogP) is 3.74. The van der Waals surface area contributed by atoms with Crippen molar-refractivity contribution in [2.75, 3.05) is 0 Å². The zero-order valence-corrected chi connectivity index (χ0v) is 10.3. The maximum Gasteiger partial charge on any atom is 0.124 e. The molecule has 0 unspecified atom stereocenters. The molecule has 1 nitrogen and oxygen atoms in total. The second kappa shape index (κ2) is 4.81. The van der Waals surface area contributed by atoms with Crippen molar-refractivity contribution in [1.29, 1.82) is 0 Å². The van der Waals surface area contributed by atoms with Crippen LogP contribution >= 0.6 is 0 Å². The van der Waals surface area contributed by atoms with E-state index in [9.17, 15) is 5.11 Å². The van der Waals surface area contributed by atoms with Crippen LogP contribution in [0.3, 0.4) is 0 Å². The van der Waals surface area contributed by atoms with E-state index in [1.807, 2.05) is 31.2 Å². The zero-order valence-electron chi connectivity index (χ0n) is 10.3. The summed E-state index contributed by atoms with van der Waals surface area (Å²) >= 11 is 0. The van der Waals surface area contributed by atoms with E-state index in [0.717, 1.165) is 11.1 Å². The van der Waals surface area contributed by atoms with Gasteiger partial charge in [0.15, 0.2) is 0 Å². The highest BCUT2D eigenvalue weighted by molar-refractivity contribution is 5.84. The molecule has 0 atom stereocenters. The summed E-state index contributed by atoms with van der Waals surface area (Å²) in [5, 5.41) is 9.95. The van der Waals surface area contributed by atoms with Crippen LogP contribution in [0, 0.1) is 19.3 Å². The molecule has 0 amide bonds. The Morgan fingerprint density at radius 1 is 1.17 bits per heavy atom. The molecule has 0 bridgehead atoms. The number of hydrogen-bond acceptors (Lipinski definition) is 1. The molecule has 2 rings (SSSR count). The highest BCUT2D eigenvalue weighted by atomic mass is 16.3. The third-order valence-electron chi connectivity index (χ3n) is 2.90. The van der Waals surface area contributed by atoms with E-state index in [-0.39, 0.29) is 5.75 Å². The minimum absolute atomic E-state index is 0.163. The van der Waals surface area contributed by atoms with Crippen LogP contribution in [-0.4, -0.2) is 5.11 Å². The predicted molar refractivity (Wildman–Crippen MR) is 75.4 cm³/mol. The summed E-state index contributed by atoms with van der Waals surface area (Å²) in [4.78, 5) is 0. The van der Waals surface area contributed by atoms with Crippen LogP contribution in [0.2, 0.25) is 0 Å². The summed E-state index contributed by atoms with van der Waals surface area (Å²) in [5.41, 5.74) is 4.16. The molecule has 88 valence electrons. The highest BCUT2D eigenvalue weighted by Gasteiger charge is 2.11. The normalized spacial score (nSPS) is 9.78. The lowest BCUT2D eigenvalue weighted by atomic mass is 9.94. The van der Waals surface area contributed by atoms with Gasteiger partial charge in [-0.2, -0.15) is 0 Å². The number of phenolic OH excluding ortho intramolecular Hbond substituents is 1. The van der Waals surface area contributed by atoms with Gasteiger partial charge in [0, 0.05) is 11.1 Å². The Balaban J connectivity index is 2.53. The Morgan fingerprint density at radius 3 is 2.44 bits per heavy atom. The topological polar surface area (TPSA) is 20.2 Å². The summed E-state index contributed by atoms with van der Waals surface area (Å²) in [6.07, 6.45) is 5.46. The average Bonchev–Trinajstić information content (AvgIpc) is 2.38. The molecule has 1 heteroatoms. The molecule has 2 aromatic rings. The van der Waals surface area contributed by atoms with E-state index >= 15 is 0 Å². The lowest BCUT2D eigenvalue weighted by molar-refractivity contribution is 0.473. The van der Waals surface area contributed by atoms with Gasteiger partial charge in [-0.15, -0.1) is 6.42 Å². The van der Waals surface area contributed by atoms with Gasteiger partial charge in [-0.3, -0.25) is 0 Å². The highest BCUT2D eigenvalue weighted by Crippen LogP contribution is 2.31. The number of hydrogen-bond donors (Lipinski definition) is 1. The number of aromatic hydroxyl groups is 1. The van der Waals surface area contributed by atoms with E-state index in [1.54, 1.807) is 18.2 Å². The molecule has 0 aliphatic carbocycles. The Morgan fingerprint density at radius 2 is 1.83 bits per heavy atom. The fourth-order valence-corrected chi connectivity index (χ4v) is 1.88. The van der Waals surface area contributed by atoms with Crippen molar-refractivity contribution in [2.45, 2.75) is 6.92 Å². The van der Waals surface area contributed by atoms with E-state index < -0.39 is 0 Å². The molecule has 0 saturated heterocycles. The third kappa shape index (κ3) is 2.14. The van der Waals surface area contributed by atoms with Gasteiger partial charge in [-0.25, -0.2) is 0 Å². The fourth-order valence-electron chi connectivity index (χ4n) is 1.88. The molecular weight excluding hydrogens is 220 g/mol. The SMILES string of the molecule is C#Cc1cccc(O)c1C(=C)c1ccc(C)cc1. The molecule has 18 heavy (non-hydrogen) atoms. The Bertz CT molecular complexity index is 628. The van der Waals surface area contributed by atoms with E-state index in [0.29, 0.717) is 11.1 Å². The van der Waals surface area contributed by atoms with Crippen molar-refractivity contribution in [3.63, 3.8) is 0 Å². The number of aryl methyl sites for hydroxylation is 1. The van der Waals surface area contributed by atoms with E-state index in [2.05, 4.69) is 12.5 Å². The molecule has 0 spiro atoms. The Kier molecular flexibility index (Phi) is 3.21. The number of terminal acetylenes is 1. The number of rotatable bonds is 2. The summed E-state index contributed by atoms with van der Waals surface area (Å²) in [6.45, 7) is 6.07. The van der Waals surface area contributed by atoms with Crippen LogP contribution in [0.15, 0.2) is 49.0 Å². The first kappa shape index (κ1) is 12.0. The third-order valence-corrected chi connectivity index (χ3v) is 2.90. The molecule has 0 heterocycles. The minimum Gasteiger partial charge on any atom is -0.507 e. The van der Waals surface area contributed by atoms with Crippen molar-refractivity contribution >= 4 is 5.57 Å². The molecule has 1 N–H and O–H groups in total. The van der Waals surface area contributed by atoms with E-state index in [1.165, 1.54) is 5.56 Å². The molecule has 0 aliphatic rings. The van der Waals surface area contributed by atoms with Gasteiger partial charge in [0.25, 0.3) is 0 Å². The standard InChI is InChI=1S/C17H14O/c1-4-14-6-5-7-16(18)17(14)13(3)15-10-8-12(2)9-11-15/h1,5-11,18H,3H2,2H3. The zero-order chi connectivity index (χ0) is 13.1. The molecule has 0 radical (unpaired) electrons. The quantitative estimate of drug-likeness (QED) is 0.785. The smallest absolute Gasteiger partial charge is 0.124 e. The first-order valence-corrected chi connectivity index (χ1v) is 5.68. The summed E-state index contributed by atoms with van der Waals surface area (Å²) in [6, 6.07) is 13.1. The second-order valence-corrected chi connectivity index (χ2v) is 4.19. The lowest BCUT2D eigenvalue weighted by Gasteiger charge is -2.11. The lowest BCUT2D eigenvalue weighted by Crippen LogP contribution is -1.92. The maximum atomic E-state index is 9.95. The summed E-state index contributed by atoms with van der Waals surface area (Å²) < 4.78 is 0. The van der Waals surface area contributed by atoms with Gasteiger partial charge in [0.1, 0.15) is 5.75 Å². The van der Waals surface area contributed by atoms with Crippen LogP contribution < -0.4 is 0 Å². The van der Waals surface area contributed by atoms with Gasteiger partial charge in [-0.05, 0) is 30.2 Å². The minimum atomic E-state index is 0.163. The van der Waals surface area contributed by atoms with Crippen LogP contribution in [0.4, 0.5) is 0 Å². The van der Waals surface area contributed by atoms with Crippen molar-refractivity contribution in [2.24, 2.45) is 0 Å². The van der Waals surface area contributed by atoms with Gasteiger partial charge < -0.3 is 5.11 Å². The summed E-state index contributed by atoms with van der Waals surface area (Å²) in [7, 11) is 0. The molecule has 0 saturated carbocycles. The van der Waals surface area contributed by atoms with Crippen LogP contribution in [0.25, 0.3) is 5.57 Å². The summed E-state index contributed by atoms with van der Waals surface area (Å²) in [5.74, 6) is 2.74. The van der Waals surface area contributed by atoms with Crippen LogP contribution in [0.5, 0.6) is 5.75 Å². The first-order valence-electron chi connectivity index (χ1n) is 5.68. The Hall–Kier alpha value is -2.46. The van der Waals surface area contributed by atoms with Gasteiger partial charge in [0.2, 0.25) is 0 Å². The van der Waals surface area contributed by atoms with Crippen molar-refractivity contribution in [1.82, 2.24) is 0 Å². The number of benzene rings is 2. The molecular formula is C17H14O. The van der Waals surface area contributed by atoms with Crippen molar-refractivity contribution in [3.05, 3.63) is 71.3 Å². The van der Waals surface area contributed by atoms with E-state index in [4.69, 9.17) is 6.42 Å². The molecule has 0 aliphatic heterocycles. The average molecular weight is 234 g/mol.